The Labute approximate surface area is 200 Å². The van der Waals surface area contributed by atoms with Crippen LogP contribution in [0.2, 0.25) is 0 Å². The Morgan fingerprint density at radius 2 is 1.73 bits per heavy atom. The number of carbonyl (C=O) groups excluding carboxylic acids is 2. The van der Waals surface area contributed by atoms with E-state index in [0.717, 1.165) is 17.7 Å². The normalized spacial score (nSPS) is 23.2. The fourth-order valence-corrected chi connectivity index (χ4v) is 5.60. The molecule has 0 unspecified atom stereocenters. The van der Waals surface area contributed by atoms with Crippen LogP contribution in [0.15, 0.2) is 53.6 Å². The van der Waals surface area contributed by atoms with Crippen LogP contribution in [-0.2, 0) is 15.0 Å². The Morgan fingerprint density at radius 1 is 1.06 bits per heavy atom. The van der Waals surface area contributed by atoms with Crippen molar-refractivity contribution in [1.82, 2.24) is 10.7 Å². The number of fused-ring (bicyclic) bond motifs is 1. The largest absolute Gasteiger partial charge is 0.306 e. The Bertz CT molecular complexity index is 1120. The first-order valence-electron chi connectivity index (χ1n) is 11.2. The van der Waals surface area contributed by atoms with Crippen molar-refractivity contribution in [2.24, 2.45) is 5.10 Å². The van der Waals surface area contributed by atoms with Gasteiger partial charge in [-0.05, 0) is 58.2 Å². The van der Waals surface area contributed by atoms with Crippen LogP contribution in [0, 0.1) is 6.92 Å². The number of amides is 2. The molecule has 0 saturated heterocycles. The molecule has 2 aliphatic rings. The van der Waals surface area contributed by atoms with Gasteiger partial charge in [0.05, 0.1) is 5.75 Å². The molecule has 2 heterocycles. The van der Waals surface area contributed by atoms with E-state index in [2.05, 4.69) is 73.9 Å². The third-order valence-electron chi connectivity index (χ3n) is 6.63. The number of hydrogen-bond acceptors (Lipinski definition) is 5. The lowest BCUT2D eigenvalue weighted by Gasteiger charge is -2.51. The van der Waals surface area contributed by atoms with E-state index in [1.54, 1.807) is 13.8 Å². The average molecular weight is 465 g/mol. The van der Waals surface area contributed by atoms with Gasteiger partial charge in [-0.2, -0.15) is 5.10 Å². The second kappa shape index (κ2) is 8.20. The van der Waals surface area contributed by atoms with Crippen molar-refractivity contribution in [3.8, 4) is 0 Å². The lowest BCUT2D eigenvalue weighted by Crippen LogP contribution is -2.57. The van der Waals surface area contributed by atoms with Crippen LogP contribution in [0.1, 0.15) is 57.7 Å². The maximum atomic E-state index is 13.5. The summed E-state index contributed by atoms with van der Waals surface area (Å²) in [6, 6.07) is 16.9. The zero-order chi connectivity index (χ0) is 24.0. The fraction of sp³-hybridized carbons (Fsp3) is 0.423. The number of carbonyl (C=O) groups is 2. The van der Waals surface area contributed by atoms with Gasteiger partial charge in [0.25, 0.3) is 5.91 Å². The number of hydrogen-bond donors (Lipinski definition) is 2. The van der Waals surface area contributed by atoms with Crippen molar-refractivity contribution in [3.63, 3.8) is 0 Å². The smallest absolute Gasteiger partial charge is 0.252 e. The minimum atomic E-state index is -0.762. The van der Waals surface area contributed by atoms with E-state index in [4.69, 9.17) is 0 Å². The first-order valence-corrected chi connectivity index (χ1v) is 12.2. The van der Waals surface area contributed by atoms with Crippen LogP contribution in [0.4, 0.5) is 5.69 Å². The summed E-state index contributed by atoms with van der Waals surface area (Å²) in [6.45, 7) is 12.1. The highest BCUT2D eigenvalue weighted by molar-refractivity contribution is 8.14. The molecule has 0 spiro atoms. The van der Waals surface area contributed by atoms with Gasteiger partial charge in [0, 0.05) is 16.6 Å². The maximum absolute atomic E-state index is 13.5. The van der Waals surface area contributed by atoms with Gasteiger partial charge < -0.3 is 10.2 Å². The van der Waals surface area contributed by atoms with Crippen molar-refractivity contribution >= 4 is 34.4 Å². The fourth-order valence-electron chi connectivity index (χ4n) is 4.94. The Balaban J connectivity index is 1.63. The molecule has 4 rings (SSSR count). The van der Waals surface area contributed by atoms with E-state index in [1.165, 1.54) is 22.9 Å². The molecule has 2 amide bonds. The maximum Gasteiger partial charge on any atom is 0.252 e. The minimum absolute atomic E-state index is 0.00908. The first-order chi connectivity index (χ1) is 15.4. The highest BCUT2D eigenvalue weighted by Gasteiger charge is 2.47. The predicted octanol–water partition coefficient (Wildman–Crippen LogP) is 4.32. The standard InChI is InChI=1S/C26H32N4O2S/c1-17-11-13-18(14-12-17)26(6)16-24(2,3)30(20-10-8-7-9-19(20)26)21(31)15-33-23-27-22(32)25(4,5)29-28-23/h7-14,29H,15-16H2,1-6H3,(H,27,28,32)/t26-/m1/s1. The Kier molecular flexibility index (Phi) is 5.81. The lowest BCUT2D eigenvalue weighted by molar-refractivity contribution is -0.125. The molecular weight excluding hydrogens is 432 g/mol. The molecule has 2 aromatic carbocycles. The Hall–Kier alpha value is -2.80. The van der Waals surface area contributed by atoms with Crippen LogP contribution in [0.3, 0.4) is 0 Å². The average Bonchev–Trinajstić information content (AvgIpc) is 2.74. The topological polar surface area (TPSA) is 73.8 Å². The monoisotopic (exact) mass is 464 g/mol. The number of benzene rings is 2. The lowest BCUT2D eigenvalue weighted by atomic mass is 9.65. The van der Waals surface area contributed by atoms with E-state index in [0.29, 0.717) is 5.17 Å². The summed E-state index contributed by atoms with van der Waals surface area (Å²) in [5, 5.41) is 7.43. The molecule has 0 aliphatic carbocycles. The van der Waals surface area contributed by atoms with Crippen molar-refractivity contribution < 1.29 is 9.59 Å². The minimum Gasteiger partial charge on any atom is -0.306 e. The van der Waals surface area contributed by atoms with Crippen LogP contribution in [0.5, 0.6) is 0 Å². The highest BCUT2D eigenvalue weighted by Crippen LogP contribution is 2.50. The van der Waals surface area contributed by atoms with Crippen LogP contribution in [0.25, 0.3) is 0 Å². The zero-order valence-corrected chi connectivity index (χ0v) is 21.0. The van der Waals surface area contributed by atoms with E-state index in [9.17, 15) is 9.59 Å². The summed E-state index contributed by atoms with van der Waals surface area (Å²) < 4.78 is 0. The molecule has 0 fully saturated rings. The van der Waals surface area contributed by atoms with Gasteiger partial charge in [0.2, 0.25) is 5.91 Å². The quantitative estimate of drug-likeness (QED) is 0.710. The van der Waals surface area contributed by atoms with Gasteiger partial charge in [-0.3, -0.25) is 15.0 Å². The second-order valence-corrected chi connectivity index (χ2v) is 11.3. The van der Waals surface area contributed by atoms with Crippen LogP contribution in [-0.4, -0.2) is 33.8 Å². The predicted molar refractivity (Wildman–Crippen MR) is 136 cm³/mol. The van der Waals surface area contributed by atoms with Gasteiger partial charge in [-0.1, -0.05) is 66.7 Å². The zero-order valence-electron chi connectivity index (χ0n) is 20.2. The van der Waals surface area contributed by atoms with Crippen LogP contribution >= 0.6 is 11.8 Å². The number of hydrazone groups is 1. The van der Waals surface area contributed by atoms with Gasteiger partial charge in [0.1, 0.15) is 5.54 Å². The molecule has 0 aromatic heterocycles. The summed E-state index contributed by atoms with van der Waals surface area (Å²) in [6.07, 6.45) is 0.796. The number of amidine groups is 1. The highest BCUT2D eigenvalue weighted by atomic mass is 32.2. The van der Waals surface area contributed by atoms with E-state index in [1.807, 2.05) is 23.1 Å². The third-order valence-corrected chi connectivity index (χ3v) is 7.48. The molecule has 2 aliphatic heterocycles. The van der Waals surface area contributed by atoms with Crippen molar-refractivity contribution in [2.75, 3.05) is 10.7 Å². The van der Waals surface area contributed by atoms with E-state index in [-0.39, 0.29) is 23.0 Å². The number of para-hydroxylation sites is 1. The summed E-state index contributed by atoms with van der Waals surface area (Å²) in [7, 11) is 0. The van der Waals surface area contributed by atoms with Crippen LogP contribution < -0.4 is 15.6 Å². The molecule has 0 bridgehead atoms. The SMILES string of the molecule is Cc1ccc([C@@]2(C)CC(C)(C)N(C(=O)CSC3=NNC(C)(C)C(=O)N3)c3ccccc32)cc1. The number of anilines is 1. The number of aryl methyl sites for hydroxylation is 1. The van der Waals surface area contributed by atoms with Crippen molar-refractivity contribution in [1.29, 1.82) is 0 Å². The molecule has 1 atom stereocenters. The number of nitrogens with zero attached hydrogens (tertiary/aromatic N) is 2. The second-order valence-electron chi connectivity index (χ2n) is 10.3. The van der Waals surface area contributed by atoms with Crippen molar-refractivity contribution in [2.45, 2.75) is 64.5 Å². The Morgan fingerprint density at radius 3 is 2.39 bits per heavy atom. The van der Waals surface area contributed by atoms with Gasteiger partial charge >= 0.3 is 0 Å². The first kappa shape index (κ1) is 23.4. The molecule has 33 heavy (non-hydrogen) atoms. The molecule has 7 heteroatoms. The number of thioether (sulfide) groups is 1. The van der Waals surface area contributed by atoms with Gasteiger partial charge in [-0.15, -0.1) is 0 Å². The van der Waals surface area contributed by atoms with Crippen molar-refractivity contribution in [3.05, 3.63) is 65.2 Å². The van der Waals surface area contributed by atoms with E-state index < -0.39 is 11.1 Å². The van der Waals surface area contributed by atoms with Gasteiger partial charge in [0.15, 0.2) is 5.17 Å². The molecule has 2 N–H and O–H groups in total. The summed E-state index contributed by atoms with van der Waals surface area (Å²) >= 11 is 1.24. The molecule has 174 valence electrons. The summed E-state index contributed by atoms with van der Waals surface area (Å²) in [5.41, 5.74) is 6.06. The summed E-state index contributed by atoms with van der Waals surface area (Å²) in [5.74, 6) is 0.00963. The molecule has 0 radical (unpaired) electrons. The third kappa shape index (κ3) is 4.26. The number of nitrogens with one attached hydrogen (secondary N) is 2. The molecule has 6 nitrogen and oxygen atoms in total. The molecule has 0 saturated carbocycles. The molecule has 2 aromatic rings. The summed E-state index contributed by atoms with van der Waals surface area (Å²) in [4.78, 5) is 27.7. The molecular formula is C26H32N4O2S. The van der Waals surface area contributed by atoms with Gasteiger partial charge in [-0.25, -0.2) is 0 Å². The number of rotatable bonds is 3. The van der Waals surface area contributed by atoms with E-state index >= 15 is 0 Å².